The topological polar surface area (TPSA) is 100 Å². The Hall–Kier alpha value is -1.66. The summed E-state index contributed by atoms with van der Waals surface area (Å²) < 4.78 is 22.1. The smallest absolute Gasteiger partial charge is 0.238 e. The molecule has 16 heavy (non-hydrogen) atoms. The molecule has 0 saturated heterocycles. The Morgan fingerprint density at radius 1 is 1.44 bits per heavy atom. The van der Waals surface area contributed by atoms with Crippen molar-refractivity contribution < 1.29 is 18.3 Å². The third-order valence-electron chi connectivity index (χ3n) is 1.89. The monoisotopic (exact) mass is 240 g/mol. The molecule has 0 fully saturated rings. The van der Waals surface area contributed by atoms with Crippen molar-refractivity contribution in [3.8, 4) is 0 Å². The zero-order valence-electron chi connectivity index (χ0n) is 8.51. The highest BCUT2D eigenvalue weighted by atomic mass is 32.2. The van der Waals surface area contributed by atoms with Gasteiger partial charge in [0.15, 0.2) is 0 Å². The van der Waals surface area contributed by atoms with Gasteiger partial charge in [0.25, 0.3) is 0 Å². The Morgan fingerprint density at radius 3 is 2.56 bits per heavy atom. The van der Waals surface area contributed by atoms with E-state index in [1.807, 2.05) is 0 Å². The molecule has 6 heteroatoms. The molecule has 0 unspecified atom stereocenters. The summed E-state index contributed by atoms with van der Waals surface area (Å²) in [5.41, 5.74) is 0.444. The van der Waals surface area contributed by atoms with Crippen LogP contribution in [0.1, 0.15) is 12.5 Å². The summed E-state index contributed by atoms with van der Waals surface area (Å²) in [5, 5.41) is 15.4. The predicted octanol–water partition coefficient (Wildman–Crippen LogP) is -0.513. The number of nitrogens with two attached hydrogens (primary N) is 1. The van der Waals surface area contributed by atoms with Gasteiger partial charge in [-0.15, -0.1) is 0 Å². The fraction of sp³-hybridized carbons (Fsp3) is 0.100. The molecule has 0 atom stereocenters. The van der Waals surface area contributed by atoms with Crippen LogP contribution in [0, 0.1) is 0 Å². The van der Waals surface area contributed by atoms with E-state index in [2.05, 4.69) is 0 Å². The number of rotatable bonds is 3. The third kappa shape index (κ3) is 3.18. The molecule has 1 aromatic carbocycles. The molecule has 0 aliphatic carbocycles. The number of benzene rings is 1. The summed E-state index contributed by atoms with van der Waals surface area (Å²) >= 11 is 0. The van der Waals surface area contributed by atoms with Crippen LogP contribution in [0.25, 0.3) is 6.08 Å². The first-order chi connectivity index (χ1) is 7.30. The lowest BCUT2D eigenvalue weighted by Gasteiger charge is -2.03. The van der Waals surface area contributed by atoms with Crippen LogP contribution in [0.3, 0.4) is 0 Å². The minimum absolute atomic E-state index is 0.00608. The molecule has 0 aliphatic heterocycles. The summed E-state index contributed by atoms with van der Waals surface area (Å²) in [4.78, 5) is 10.4. The van der Waals surface area contributed by atoms with Crippen molar-refractivity contribution in [1.29, 1.82) is 0 Å². The van der Waals surface area contributed by atoms with Crippen LogP contribution in [0.4, 0.5) is 0 Å². The summed E-state index contributed by atoms with van der Waals surface area (Å²) in [6, 6.07) is 5.68. The van der Waals surface area contributed by atoms with E-state index in [1.54, 1.807) is 6.07 Å². The molecule has 2 N–H and O–H groups in total. The van der Waals surface area contributed by atoms with E-state index in [-0.39, 0.29) is 10.5 Å². The zero-order valence-corrected chi connectivity index (χ0v) is 9.32. The maximum Gasteiger partial charge on any atom is 0.238 e. The Kier molecular flexibility index (Phi) is 3.46. The molecule has 86 valence electrons. The lowest BCUT2D eigenvalue weighted by molar-refractivity contribution is -0.299. The Labute approximate surface area is 93.3 Å². The van der Waals surface area contributed by atoms with E-state index in [1.165, 1.54) is 31.2 Å². The van der Waals surface area contributed by atoms with Gasteiger partial charge in [-0.2, -0.15) is 0 Å². The highest BCUT2D eigenvalue weighted by Crippen LogP contribution is 2.12. The molecular weight excluding hydrogens is 230 g/mol. The first-order valence-electron chi connectivity index (χ1n) is 4.33. The number of aliphatic carboxylic acids is 1. The number of carboxylic acid groups (broad SMARTS) is 1. The van der Waals surface area contributed by atoms with Gasteiger partial charge in [-0.1, -0.05) is 18.2 Å². The van der Waals surface area contributed by atoms with E-state index in [0.717, 1.165) is 0 Å². The maximum atomic E-state index is 11.0. The van der Waals surface area contributed by atoms with Gasteiger partial charge in [0, 0.05) is 0 Å². The van der Waals surface area contributed by atoms with E-state index < -0.39 is 16.0 Å². The molecule has 0 aromatic heterocycles. The molecule has 0 radical (unpaired) electrons. The van der Waals surface area contributed by atoms with Gasteiger partial charge in [-0.05, 0) is 30.2 Å². The number of hydrogen-bond donors (Lipinski definition) is 1. The molecule has 0 saturated carbocycles. The molecule has 0 spiro atoms. The minimum atomic E-state index is -3.77. The molecule has 0 bridgehead atoms. The number of carbonyl (C=O) groups is 1. The Bertz CT molecular complexity index is 546. The van der Waals surface area contributed by atoms with Gasteiger partial charge in [-0.3, -0.25) is 0 Å². The summed E-state index contributed by atoms with van der Waals surface area (Å²) in [6.07, 6.45) is 1.31. The lowest BCUT2D eigenvalue weighted by atomic mass is 10.1. The van der Waals surface area contributed by atoms with Crippen LogP contribution in [0.2, 0.25) is 0 Å². The van der Waals surface area contributed by atoms with Crippen molar-refractivity contribution in [2.75, 3.05) is 0 Å². The van der Waals surface area contributed by atoms with Crippen molar-refractivity contribution in [2.24, 2.45) is 5.14 Å². The molecule has 1 aromatic rings. The first-order valence-corrected chi connectivity index (χ1v) is 5.88. The minimum Gasteiger partial charge on any atom is -0.545 e. The predicted molar refractivity (Wildman–Crippen MR) is 56.5 cm³/mol. The van der Waals surface area contributed by atoms with Crippen molar-refractivity contribution in [1.82, 2.24) is 0 Å². The number of carboxylic acids is 1. The van der Waals surface area contributed by atoms with Crippen molar-refractivity contribution >= 4 is 22.1 Å². The van der Waals surface area contributed by atoms with Gasteiger partial charge in [0.05, 0.1) is 10.9 Å². The van der Waals surface area contributed by atoms with Gasteiger partial charge < -0.3 is 9.90 Å². The highest BCUT2D eigenvalue weighted by Gasteiger charge is 2.06. The van der Waals surface area contributed by atoms with Crippen LogP contribution in [0.15, 0.2) is 34.7 Å². The molecule has 0 aliphatic rings. The normalized spacial score (nSPS) is 12.5. The van der Waals surface area contributed by atoms with E-state index in [9.17, 15) is 18.3 Å². The van der Waals surface area contributed by atoms with Crippen LogP contribution in [0.5, 0.6) is 0 Å². The fourth-order valence-corrected chi connectivity index (χ4v) is 1.66. The van der Waals surface area contributed by atoms with E-state index >= 15 is 0 Å². The highest BCUT2D eigenvalue weighted by molar-refractivity contribution is 7.89. The Morgan fingerprint density at radius 2 is 2.06 bits per heavy atom. The number of hydrogen-bond acceptors (Lipinski definition) is 4. The maximum absolute atomic E-state index is 11.0. The fourth-order valence-electron chi connectivity index (χ4n) is 1.09. The summed E-state index contributed by atoms with van der Waals surface area (Å²) in [6.45, 7) is 1.36. The van der Waals surface area contributed by atoms with Gasteiger partial charge >= 0.3 is 0 Å². The third-order valence-corrected chi connectivity index (χ3v) is 2.80. The zero-order chi connectivity index (χ0) is 12.3. The molecule has 0 heterocycles. The van der Waals surface area contributed by atoms with Crippen LogP contribution in [-0.4, -0.2) is 14.4 Å². The summed E-state index contributed by atoms with van der Waals surface area (Å²) in [5.74, 6) is -1.30. The molecule has 5 nitrogen and oxygen atoms in total. The van der Waals surface area contributed by atoms with Crippen molar-refractivity contribution in [2.45, 2.75) is 11.8 Å². The number of sulfonamides is 1. The SMILES string of the molecule is C/C(=C\c1cccc(S(N)(=O)=O)c1)C(=O)[O-]. The lowest BCUT2D eigenvalue weighted by Crippen LogP contribution is -2.22. The summed E-state index contributed by atoms with van der Waals surface area (Å²) in [7, 11) is -3.77. The van der Waals surface area contributed by atoms with Gasteiger partial charge in [0.1, 0.15) is 0 Å². The van der Waals surface area contributed by atoms with Crippen molar-refractivity contribution in [3.63, 3.8) is 0 Å². The van der Waals surface area contributed by atoms with E-state index in [0.29, 0.717) is 5.56 Å². The Balaban J connectivity index is 3.20. The van der Waals surface area contributed by atoms with E-state index in [4.69, 9.17) is 5.14 Å². The second kappa shape index (κ2) is 4.46. The van der Waals surface area contributed by atoms with Gasteiger partial charge in [0.2, 0.25) is 10.0 Å². The average Bonchev–Trinajstić information content (AvgIpc) is 2.16. The molecule has 1 rings (SSSR count). The largest absolute Gasteiger partial charge is 0.545 e. The number of carbonyl (C=O) groups excluding carboxylic acids is 1. The average molecular weight is 240 g/mol. The van der Waals surface area contributed by atoms with Crippen molar-refractivity contribution in [3.05, 3.63) is 35.4 Å². The second-order valence-corrected chi connectivity index (χ2v) is 4.79. The molecular formula is C10H10NO4S-. The first kappa shape index (κ1) is 12.4. The van der Waals surface area contributed by atoms with Gasteiger partial charge in [-0.25, -0.2) is 13.6 Å². The number of primary sulfonamides is 1. The van der Waals surface area contributed by atoms with Crippen LogP contribution < -0.4 is 10.2 Å². The molecule has 0 amide bonds. The second-order valence-electron chi connectivity index (χ2n) is 3.23. The van der Waals surface area contributed by atoms with Crippen LogP contribution in [-0.2, 0) is 14.8 Å². The standard InChI is InChI=1S/C10H11NO4S/c1-7(10(12)13)5-8-3-2-4-9(6-8)16(11,14)15/h2-6H,1H3,(H,12,13)(H2,11,14,15)/p-1/b7-5+. The van der Waals surface area contributed by atoms with Crippen LogP contribution >= 0.6 is 0 Å². The quantitative estimate of drug-likeness (QED) is 0.719.